The molecule has 1 amide bonds. The van der Waals surface area contributed by atoms with Gasteiger partial charge in [-0.15, -0.1) is 0 Å². The summed E-state index contributed by atoms with van der Waals surface area (Å²) in [5.74, 6) is 5.34. The van der Waals surface area contributed by atoms with Crippen molar-refractivity contribution in [1.29, 1.82) is 0 Å². The maximum absolute atomic E-state index is 12.3. The van der Waals surface area contributed by atoms with Crippen molar-refractivity contribution in [3.8, 4) is 11.8 Å². The summed E-state index contributed by atoms with van der Waals surface area (Å²) < 4.78 is 0. The van der Waals surface area contributed by atoms with E-state index in [1.807, 2.05) is 26.0 Å². The molecule has 1 atom stereocenters. The van der Waals surface area contributed by atoms with E-state index in [1.165, 1.54) is 0 Å². The molecule has 0 aliphatic carbocycles. The minimum atomic E-state index is -0.184. The van der Waals surface area contributed by atoms with Crippen molar-refractivity contribution in [2.24, 2.45) is 5.41 Å². The summed E-state index contributed by atoms with van der Waals surface area (Å²) in [6.07, 6.45) is 0. The second-order valence-corrected chi connectivity index (χ2v) is 6.11. The van der Waals surface area contributed by atoms with Gasteiger partial charge in [0.05, 0.1) is 0 Å². The Kier molecular flexibility index (Phi) is 5.35. The largest absolute Gasteiger partial charge is 0.384 e. The Morgan fingerprint density at radius 3 is 2.55 bits per heavy atom. The fourth-order valence-corrected chi connectivity index (χ4v) is 1.62. The predicted molar refractivity (Wildman–Crippen MR) is 81.5 cm³/mol. The maximum Gasteiger partial charge on any atom is 0.251 e. The molecule has 0 bridgehead atoms. The van der Waals surface area contributed by atoms with Gasteiger partial charge in [0.1, 0.15) is 6.61 Å². The van der Waals surface area contributed by atoms with Crippen molar-refractivity contribution < 1.29 is 9.90 Å². The molecule has 0 radical (unpaired) electrons. The first-order valence-electron chi connectivity index (χ1n) is 6.76. The number of carbonyl (C=O) groups is 1. The van der Waals surface area contributed by atoms with Crippen LogP contribution in [0.4, 0.5) is 0 Å². The van der Waals surface area contributed by atoms with E-state index in [4.69, 9.17) is 5.11 Å². The Labute approximate surface area is 121 Å². The number of amides is 1. The molecule has 1 aromatic rings. The average Bonchev–Trinajstić information content (AvgIpc) is 2.34. The van der Waals surface area contributed by atoms with Crippen LogP contribution < -0.4 is 5.32 Å². The first kappa shape index (κ1) is 16.3. The van der Waals surface area contributed by atoms with Gasteiger partial charge in [0.2, 0.25) is 0 Å². The number of aliphatic hydroxyl groups is 1. The second-order valence-electron chi connectivity index (χ2n) is 6.11. The highest BCUT2D eigenvalue weighted by atomic mass is 16.2. The third kappa shape index (κ3) is 4.71. The zero-order chi connectivity index (χ0) is 15.3. The lowest BCUT2D eigenvalue weighted by Gasteiger charge is -2.28. The van der Waals surface area contributed by atoms with Crippen LogP contribution in [0.2, 0.25) is 0 Å². The molecule has 1 rings (SSSR count). The third-order valence-electron chi connectivity index (χ3n) is 3.30. The Balaban J connectivity index is 2.96. The van der Waals surface area contributed by atoms with Gasteiger partial charge < -0.3 is 10.4 Å². The highest BCUT2D eigenvalue weighted by Crippen LogP contribution is 2.19. The van der Waals surface area contributed by atoms with Crippen molar-refractivity contribution >= 4 is 5.91 Å². The van der Waals surface area contributed by atoms with Gasteiger partial charge in [-0.25, -0.2) is 0 Å². The summed E-state index contributed by atoms with van der Waals surface area (Å²) >= 11 is 0. The number of benzene rings is 1. The number of nitrogens with one attached hydrogen (secondary N) is 1. The van der Waals surface area contributed by atoms with E-state index in [2.05, 4.69) is 37.9 Å². The Morgan fingerprint density at radius 2 is 2.00 bits per heavy atom. The molecule has 0 fully saturated rings. The molecule has 0 aliphatic rings. The van der Waals surface area contributed by atoms with Crippen LogP contribution in [0.25, 0.3) is 0 Å². The van der Waals surface area contributed by atoms with Gasteiger partial charge in [-0.2, -0.15) is 0 Å². The zero-order valence-electron chi connectivity index (χ0n) is 12.9. The minimum Gasteiger partial charge on any atom is -0.384 e. The molecular formula is C17H23NO2. The summed E-state index contributed by atoms with van der Waals surface area (Å²) in [7, 11) is 0. The molecule has 108 valence electrons. The van der Waals surface area contributed by atoms with Crippen molar-refractivity contribution in [3.05, 3.63) is 34.9 Å². The lowest BCUT2D eigenvalue weighted by Crippen LogP contribution is -2.41. The fraction of sp³-hybridized carbons (Fsp3) is 0.471. The molecule has 0 aromatic heterocycles. The Morgan fingerprint density at radius 1 is 1.35 bits per heavy atom. The first-order chi connectivity index (χ1) is 9.24. The molecule has 1 unspecified atom stereocenters. The topological polar surface area (TPSA) is 49.3 Å². The van der Waals surface area contributed by atoms with Gasteiger partial charge in [-0.05, 0) is 43.0 Å². The molecule has 3 nitrogen and oxygen atoms in total. The quantitative estimate of drug-likeness (QED) is 0.813. The number of aliphatic hydroxyl groups excluding tert-OH is 1. The van der Waals surface area contributed by atoms with Crippen molar-refractivity contribution in [2.45, 2.75) is 40.7 Å². The van der Waals surface area contributed by atoms with Crippen LogP contribution in [-0.4, -0.2) is 23.7 Å². The first-order valence-corrected chi connectivity index (χ1v) is 6.76. The van der Waals surface area contributed by atoms with Gasteiger partial charge in [0.15, 0.2) is 0 Å². The SMILES string of the molecule is Cc1cc(C#CCO)cc(C(=O)NC(C)C(C)(C)C)c1. The van der Waals surface area contributed by atoms with Crippen LogP contribution in [0.5, 0.6) is 0 Å². The zero-order valence-corrected chi connectivity index (χ0v) is 12.9. The van der Waals surface area contributed by atoms with Crippen molar-refractivity contribution in [1.82, 2.24) is 5.32 Å². The molecule has 3 heteroatoms. The molecule has 20 heavy (non-hydrogen) atoms. The molecular weight excluding hydrogens is 250 g/mol. The molecule has 0 saturated carbocycles. The van der Waals surface area contributed by atoms with Crippen LogP contribution >= 0.6 is 0 Å². The van der Waals surface area contributed by atoms with E-state index in [9.17, 15) is 4.79 Å². The molecule has 0 heterocycles. The number of aryl methyl sites for hydroxylation is 1. The molecule has 2 N–H and O–H groups in total. The standard InChI is InChI=1S/C17H23NO2/c1-12-9-14(7-6-8-19)11-15(10-12)16(20)18-13(2)17(3,4)5/h9-11,13,19H,8H2,1-5H3,(H,18,20). The molecule has 0 spiro atoms. The smallest absolute Gasteiger partial charge is 0.251 e. The third-order valence-corrected chi connectivity index (χ3v) is 3.30. The van der Waals surface area contributed by atoms with Crippen LogP contribution in [0, 0.1) is 24.2 Å². The number of hydrogen-bond donors (Lipinski definition) is 2. The van der Waals surface area contributed by atoms with Gasteiger partial charge in [0.25, 0.3) is 5.91 Å². The highest BCUT2D eigenvalue weighted by Gasteiger charge is 2.22. The van der Waals surface area contributed by atoms with E-state index < -0.39 is 0 Å². The number of carbonyl (C=O) groups excluding carboxylic acids is 1. The van der Waals surface area contributed by atoms with Gasteiger partial charge in [-0.1, -0.05) is 32.6 Å². The Hall–Kier alpha value is -1.79. The van der Waals surface area contributed by atoms with Crippen LogP contribution in [-0.2, 0) is 0 Å². The highest BCUT2D eigenvalue weighted by molar-refractivity contribution is 5.95. The van der Waals surface area contributed by atoms with Gasteiger partial charge in [-0.3, -0.25) is 4.79 Å². The summed E-state index contributed by atoms with van der Waals surface area (Å²) in [4.78, 5) is 12.3. The van der Waals surface area contributed by atoms with E-state index in [0.717, 1.165) is 11.1 Å². The number of hydrogen-bond acceptors (Lipinski definition) is 2. The summed E-state index contributed by atoms with van der Waals surface area (Å²) in [6, 6.07) is 5.56. The Bertz CT molecular complexity index is 544. The summed E-state index contributed by atoms with van der Waals surface area (Å²) in [6.45, 7) is 10.0. The fourth-order valence-electron chi connectivity index (χ4n) is 1.62. The summed E-state index contributed by atoms with van der Waals surface area (Å²) in [5, 5.41) is 11.7. The average molecular weight is 273 g/mol. The molecule has 0 saturated heterocycles. The minimum absolute atomic E-state index is 0.0129. The van der Waals surface area contributed by atoms with E-state index in [-0.39, 0.29) is 24.0 Å². The van der Waals surface area contributed by atoms with E-state index in [0.29, 0.717) is 5.56 Å². The lowest BCUT2D eigenvalue weighted by atomic mass is 9.88. The van der Waals surface area contributed by atoms with Gasteiger partial charge >= 0.3 is 0 Å². The second kappa shape index (κ2) is 6.58. The normalized spacial score (nSPS) is 12.3. The number of rotatable bonds is 2. The van der Waals surface area contributed by atoms with Crippen LogP contribution in [0.15, 0.2) is 18.2 Å². The maximum atomic E-state index is 12.3. The van der Waals surface area contributed by atoms with E-state index in [1.54, 1.807) is 6.07 Å². The van der Waals surface area contributed by atoms with E-state index >= 15 is 0 Å². The predicted octanol–water partition coefficient (Wildman–Crippen LogP) is 2.50. The van der Waals surface area contributed by atoms with Crippen LogP contribution in [0.1, 0.15) is 49.2 Å². The lowest BCUT2D eigenvalue weighted by molar-refractivity contribution is 0.0910. The molecule has 1 aromatic carbocycles. The molecule has 0 aliphatic heterocycles. The van der Waals surface area contributed by atoms with Crippen molar-refractivity contribution in [2.75, 3.05) is 6.61 Å². The van der Waals surface area contributed by atoms with Crippen molar-refractivity contribution in [3.63, 3.8) is 0 Å². The van der Waals surface area contributed by atoms with Gasteiger partial charge in [0, 0.05) is 17.2 Å². The monoisotopic (exact) mass is 273 g/mol. The van der Waals surface area contributed by atoms with Crippen LogP contribution in [0.3, 0.4) is 0 Å². The summed E-state index contributed by atoms with van der Waals surface area (Å²) in [5.41, 5.74) is 2.33.